The molecular formula is C36H54O11. The monoisotopic (exact) mass is 662 g/mol. The van der Waals surface area contributed by atoms with Crippen molar-refractivity contribution in [2.24, 2.45) is 50.2 Å². The lowest BCUT2D eigenvalue weighted by Crippen LogP contribution is -2.66. The summed E-state index contributed by atoms with van der Waals surface area (Å²) >= 11 is 0. The average molecular weight is 663 g/mol. The van der Waals surface area contributed by atoms with Crippen molar-refractivity contribution in [1.82, 2.24) is 0 Å². The van der Waals surface area contributed by atoms with E-state index in [2.05, 4.69) is 40.7 Å². The van der Waals surface area contributed by atoms with Gasteiger partial charge in [-0.05, 0) is 111 Å². The highest BCUT2D eigenvalue weighted by Gasteiger charge is 2.70. The van der Waals surface area contributed by atoms with Crippen molar-refractivity contribution in [1.29, 1.82) is 0 Å². The summed E-state index contributed by atoms with van der Waals surface area (Å²) in [5.74, 6) is -2.91. The molecule has 11 nitrogen and oxygen atoms in total. The van der Waals surface area contributed by atoms with E-state index in [1.807, 2.05) is 0 Å². The summed E-state index contributed by atoms with van der Waals surface area (Å²) in [5.41, 5.74) is -1.64. The van der Waals surface area contributed by atoms with Gasteiger partial charge in [0, 0.05) is 0 Å². The Morgan fingerprint density at radius 2 is 1.45 bits per heavy atom. The van der Waals surface area contributed by atoms with Crippen LogP contribution in [-0.2, 0) is 23.9 Å². The zero-order chi connectivity index (χ0) is 34.7. The number of aliphatic hydroxyl groups is 3. The third-order valence-corrected chi connectivity index (χ3v) is 15.4. The molecule has 264 valence electrons. The number of carboxylic acid groups (broad SMARTS) is 3. The van der Waals surface area contributed by atoms with Gasteiger partial charge in [0.05, 0.1) is 16.9 Å². The molecule has 1 saturated heterocycles. The van der Waals surface area contributed by atoms with Crippen molar-refractivity contribution in [2.75, 3.05) is 0 Å². The fraction of sp³-hybridized carbons (Fsp3) is 0.861. The largest absolute Gasteiger partial charge is 0.481 e. The van der Waals surface area contributed by atoms with Gasteiger partial charge in [0.15, 0.2) is 12.4 Å². The molecule has 0 spiro atoms. The molecule has 0 radical (unpaired) electrons. The van der Waals surface area contributed by atoms with E-state index < -0.39 is 71.0 Å². The third-order valence-electron chi connectivity index (χ3n) is 15.4. The van der Waals surface area contributed by atoms with E-state index in [0.29, 0.717) is 38.0 Å². The normalized spacial score (nSPS) is 52.1. The second kappa shape index (κ2) is 11.0. The van der Waals surface area contributed by atoms with Crippen molar-refractivity contribution in [3.8, 4) is 0 Å². The highest BCUT2D eigenvalue weighted by Crippen LogP contribution is 2.76. The molecule has 1 aliphatic heterocycles. The fourth-order valence-electron chi connectivity index (χ4n) is 12.2. The molecule has 0 amide bonds. The Hall–Kier alpha value is -2.05. The number of carboxylic acids is 3. The molecule has 0 bridgehead atoms. The van der Waals surface area contributed by atoms with Gasteiger partial charge in [0.25, 0.3) is 0 Å². The molecular weight excluding hydrogens is 608 g/mol. The summed E-state index contributed by atoms with van der Waals surface area (Å²) in [6.07, 6.45) is 0.115. The van der Waals surface area contributed by atoms with Crippen molar-refractivity contribution >= 4 is 17.9 Å². The maximum atomic E-state index is 13.0. The van der Waals surface area contributed by atoms with E-state index in [0.717, 1.165) is 37.7 Å². The van der Waals surface area contributed by atoms with Crippen LogP contribution in [0.5, 0.6) is 0 Å². The van der Waals surface area contributed by atoms with Crippen LogP contribution in [0.1, 0.15) is 106 Å². The zero-order valence-corrected chi connectivity index (χ0v) is 28.6. The van der Waals surface area contributed by atoms with Gasteiger partial charge in [-0.3, -0.25) is 9.59 Å². The van der Waals surface area contributed by atoms with E-state index in [1.54, 1.807) is 6.92 Å². The molecule has 5 fully saturated rings. The number of aliphatic hydroxyl groups excluding tert-OH is 3. The Morgan fingerprint density at radius 3 is 2.06 bits per heavy atom. The highest BCUT2D eigenvalue weighted by atomic mass is 16.7. The molecule has 11 heteroatoms. The van der Waals surface area contributed by atoms with Gasteiger partial charge in [-0.15, -0.1) is 0 Å². The second-order valence-corrected chi connectivity index (χ2v) is 17.6. The lowest BCUT2D eigenvalue weighted by atomic mass is 9.33. The smallest absolute Gasteiger partial charge is 0.335 e. The maximum Gasteiger partial charge on any atom is 0.335 e. The topological polar surface area (TPSA) is 191 Å². The summed E-state index contributed by atoms with van der Waals surface area (Å²) in [4.78, 5) is 37.1. The van der Waals surface area contributed by atoms with Crippen LogP contribution in [0.3, 0.4) is 0 Å². The number of aliphatic carboxylic acids is 3. The van der Waals surface area contributed by atoms with E-state index in [9.17, 15) is 45.0 Å². The number of hydrogen-bond donors (Lipinski definition) is 6. The molecule has 47 heavy (non-hydrogen) atoms. The predicted molar refractivity (Wildman–Crippen MR) is 168 cm³/mol. The van der Waals surface area contributed by atoms with Crippen LogP contribution in [0.2, 0.25) is 0 Å². The molecule has 5 aliphatic carbocycles. The van der Waals surface area contributed by atoms with Crippen molar-refractivity contribution in [3.63, 3.8) is 0 Å². The SMILES string of the molecule is CC1(C)[C@@H](O[C@@H]2O[C@H](C(=O)O)[C@@H](O)[C@H](O)[C@H]2O)CC[C@]2(C)[C@H]3CC=C4[C@@H]5C[C@@](C)(C(=O)O)CC[C@]5(C(=O)O)CC[C@@]4(C)[C@]3(C)CC[C@@H]12. The second-order valence-electron chi connectivity index (χ2n) is 17.6. The highest BCUT2D eigenvalue weighted by molar-refractivity contribution is 5.79. The molecule has 0 aromatic carbocycles. The lowest BCUT2D eigenvalue weighted by Gasteiger charge is -2.71. The van der Waals surface area contributed by atoms with Gasteiger partial charge in [-0.1, -0.05) is 46.3 Å². The minimum atomic E-state index is -1.78. The van der Waals surface area contributed by atoms with Crippen LogP contribution in [0, 0.1) is 50.2 Å². The zero-order valence-electron chi connectivity index (χ0n) is 28.6. The molecule has 6 aliphatic rings. The fourth-order valence-corrected chi connectivity index (χ4v) is 12.2. The first kappa shape index (κ1) is 34.8. The maximum absolute atomic E-state index is 13.0. The Bertz CT molecular complexity index is 1360. The Kier molecular flexibility index (Phi) is 8.13. The number of allylic oxidation sites excluding steroid dienone is 2. The van der Waals surface area contributed by atoms with Gasteiger partial charge < -0.3 is 40.1 Å². The van der Waals surface area contributed by atoms with Crippen molar-refractivity contribution in [3.05, 3.63) is 11.6 Å². The summed E-state index contributed by atoms with van der Waals surface area (Å²) in [6, 6.07) is 0. The first-order chi connectivity index (χ1) is 21.7. The lowest BCUT2D eigenvalue weighted by molar-refractivity contribution is -0.324. The van der Waals surface area contributed by atoms with Crippen LogP contribution in [0.4, 0.5) is 0 Å². The van der Waals surface area contributed by atoms with E-state index in [4.69, 9.17) is 9.47 Å². The molecule has 0 aromatic heterocycles. The van der Waals surface area contributed by atoms with Crippen LogP contribution >= 0.6 is 0 Å². The number of rotatable bonds is 5. The number of carbonyl (C=O) groups is 3. The Balaban J connectivity index is 1.30. The average Bonchev–Trinajstić information content (AvgIpc) is 2.98. The Morgan fingerprint density at radius 1 is 0.787 bits per heavy atom. The van der Waals surface area contributed by atoms with Crippen LogP contribution in [0.15, 0.2) is 11.6 Å². The molecule has 1 heterocycles. The summed E-state index contributed by atoms with van der Waals surface area (Å²) in [6.45, 7) is 13.2. The molecule has 4 saturated carbocycles. The number of hydrogen-bond acceptors (Lipinski definition) is 8. The van der Waals surface area contributed by atoms with Crippen molar-refractivity contribution < 1.29 is 54.5 Å². The van der Waals surface area contributed by atoms with Crippen LogP contribution in [-0.4, -0.2) is 85.4 Å². The van der Waals surface area contributed by atoms with Crippen molar-refractivity contribution in [2.45, 2.75) is 143 Å². The van der Waals surface area contributed by atoms with Gasteiger partial charge >= 0.3 is 17.9 Å². The molecule has 0 aromatic rings. The molecule has 6 N–H and O–H groups in total. The Labute approximate surface area is 276 Å². The van der Waals surface area contributed by atoms with Crippen LogP contribution in [0.25, 0.3) is 0 Å². The quantitative estimate of drug-likeness (QED) is 0.183. The van der Waals surface area contributed by atoms with E-state index in [1.165, 1.54) is 0 Å². The van der Waals surface area contributed by atoms with Gasteiger partial charge in [-0.2, -0.15) is 0 Å². The first-order valence-corrected chi connectivity index (χ1v) is 17.4. The number of fused-ring (bicyclic) bond motifs is 7. The van der Waals surface area contributed by atoms with E-state index in [-0.39, 0.29) is 28.1 Å². The third kappa shape index (κ3) is 4.65. The molecule has 6 rings (SSSR count). The van der Waals surface area contributed by atoms with Gasteiger partial charge in [-0.25, -0.2) is 4.79 Å². The van der Waals surface area contributed by atoms with Crippen LogP contribution < -0.4 is 0 Å². The number of ether oxygens (including phenoxy) is 2. The predicted octanol–water partition coefficient (Wildman–Crippen LogP) is 4.21. The molecule has 14 atom stereocenters. The molecule has 0 unspecified atom stereocenters. The van der Waals surface area contributed by atoms with Gasteiger partial charge in [0.1, 0.15) is 18.3 Å². The minimum Gasteiger partial charge on any atom is -0.481 e. The minimum absolute atomic E-state index is 0.101. The first-order valence-electron chi connectivity index (χ1n) is 17.4. The van der Waals surface area contributed by atoms with Gasteiger partial charge in [0.2, 0.25) is 0 Å². The van der Waals surface area contributed by atoms with E-state index >= 15 is 0 Å². The summed E-state index contributed by atoms with van der Waals surface area (Å²) < 4.78 is 11.8. The summed E-state index contributed by atoms with van der Waals surface area (Å²) in [7, 11) is 0. The standard InChI is InChI=1S/C36H54O11/c1-31(2)20-9-12-35(6)21(33(20,4)11-10-22(31)46-28-25(39)23(37)24(38)26(47-28)27(40)41)8-7-18-19-17-32(3,29(42)43)13-15-36(19,30(44)45)16-14-34(18,35)5/h7,19-26,28,37-39H,8-17H2,1-6H3,(H,40,41)(H,42,43)(H,44,45)/t19-,20-,21+,22-,23-,24-,25+,26-,28+,32-,33-,34+,35+,36-/m0/s1. The summed E-state index contributed by atoms with van der Waals surface area (Å²) in [5, 5.41) is 61.5.